The van der Waals surface area contributed by atoms with Crippen LogP contribution in [0.15, 0.2) is 60.7 Å². The second kappa shape index (κ2) is 8.77. The van der Waals surface area contributed by atoms with Crippen molar-refractivity contribution in [3.05, 3.63) is 66.5 Å². The number of allylic oxidation sites excluding steroid dienone is 4. The Balaban J connectivity index is 0.00000137. The molecule has 0 saturated carbocycles. The number of hydrogen-bond acceptors (Lipinski definition) is 0. The van der Waals surface area contributed by atoms with Gasteiger partial charge in [0.25, 0.3) is 0 Å². The van der Waals surface area contributed by atoms with Gasteiger partial charge < -0.3 is 0 Å². The second-order valence-corrected chi connectivity index (χ2v) is 5.28. The monoisotopic (exact) mass is 268 g/mol. The van der Waals surface area contributed by atoms with Crippen molar-refractivity contribution in [2.75, 3.05) is 6.66 Å². The van der Waals surface area contributed by atoms with Gasteiger partial charge in [-0.15, -0.1) is 0 Å². The lowest BCUT2D eigenvalue weighted by Gasteiger charge is -2.15. The summed E-state index contributed by atoms with van der Waals surface area (Å²) in [6, 6.07) is 6.40. The van der Waals surface area contributed by atoms with Crippen molar-refractivity contribution in [3.8, 4) is 0 Å². The number of benzene rings is 1. The molecule has 0 aliphatic carbocycles. The largest absolute Gasteiger partial charge is 0.207 e. The van der Waals surface area contributed by atoms with Gasteiger partial charge in [-0.3, -0.25) is 0 Å². The lowest BCUT2D eigenvalue weighted by molar-refractivity contribution is 0.636. The maximum Gasteiger partial charge on any atom is 0.131 e. The summed E-state index contributed by atoms with van der Waals surface area (Å²) >= 11 is 0. The highest BCUT2D eigenvalue weighted by molar-refractivity contribution is 7.69. The summed E-state index contributed by atoms with van der Waals surface area (Å²) in [5.74, 6) is -0.843. The van der Waals surface area contributed by atoms with Gasteiger partial charge in [-0.25, -0.2) is 8.78 Å². The van der Waals surface area contributed by atoms with Crippen molar-refractivity contribution in [1.29, 1.82) is 0 Å². The molecule has 0 aliphatic rings. The van der Waals surface area contributed by atoms with E-state index in [9.17, 15) is 8.78 Å². The summed E-state index contributed by atoms with van der Waals surface area (Å²) in [6.45, 7) is 12.6. The molecular weight excluding hydrogens is 249 g/mol. The Morgan fingerprint density at radius 2 is 1.83 bits per heavy atom. The molecule has 0 spiro atoms. The van der Waals surface area contributed by atoms with E-state index in [-0.39, 0.29) is 5.82 Å². The molecule has 18 heavy (non-hydrogen) atoms. The minimum absolute atomic E-state index is 0.313. The van der Waals surface area contributed by atoms with E-state index in [1.807, 2.05) is 13.8 Å². The van der Waals surface area contributed by atoms with Gasteiger partial charge in [-0.1, -0.05) is 57.4 Å². The first-order chi connectivity index (χ1) is 8.57. The maximum atomic E-state index is 13.5. The quantitative estimate of drug-likeness (QED) is 0.524. The van der Waals surface area contributed by atoms with Gasteiger partial charge in [0, 0.05) is 10.6 Å². The highest BCUT2D eigenvalue weighted by atomic mass is 31.1. The minimum Gasteiger partial charge on any atom is -0.207 e. The fraction of sp³-hybridized carbons (Fsp3) is 0.200. The van der Waals surface area contributed by atoms with E-state index in [0.717, 1.165) is 0 Å². The highest BCUT2D eigenvalue weighted by Crippen LogP contribution is 2.44. The third-order valence-corrected chi connectivity index (χ3v) is 4.33. The molecule has 0 aromatic heterocycles. The predicted octanol–water partition coefficient (Wildman–Crippen LogP) is 5.14. The zero-order valence-corrected chi connectivity index (χ0v) is 12.0. The highest BCUT2D eigenvalue weighted by Gasteiger charge is 2.16. The second-order valence-electron chi connectivity index (χ2n) is 3.20. The molecule has 0 N–H and O–H groups in total. The van der Waals surface area contributed by atoms with E-state index in [1.54, 1.807) is 30.9 Å². The van der Waals surface area contributed by atoms with Gasteiger partial charge >= 0.3 is 0 Å². The van der Waals surface area contributed by atoms with Crippen LogP contribution in [0.25, 0.3) is 0 Å². The zero-order chi connectivity index (χ0) is 14.1. The Labute approximate surface area is 109 Å². The van der Waals surface area contributed by atoms with Crippen molar-refractivity contribution in [2.24, 2.45) is 0 Å². The summed E-state index contributed by atoms with van der Waals surface area (Å²) in [5, 5.41) is 0.930. The van der Waals surface area contributed by atoms with Gasteiger partial charge in [0.05, 0.1) is 0 Å². The molecule has 0 aliphatic heterocycles. The Morgan fingerprint density at radius 3 is 2.28 bits per heavy atom. The summed E-state index contributed by atoms with van der Waals surface area (Å²) in [6.07, 6.45) is 3.03. The Bertz CT molecular complexity index is 436. The van der Waals surface area contributed by atoms with E-state index in [2.05, 4.69) is 13.2 Å². The van der Waals surface area contributed by atoms with Crippen LogP contribution >= 0.6 is 7.92 Å². The lowest BCUT2D eigenvalue weighted by atomic mass is 10.3. The average molecular weight is 268 g/mol. The lowest BCUT2D eigenvalue weighted by Crippen LogP contribution is -2.06. The minimum atomic E-state index is -1.06. The van der Waals surface area contributed by atoms with Crippen LogP contribution in [0.4, 0.5) is 8.78 Å². The van der Waals surface area contributed by atoms with E-state index in [4.69, 9.17) is 0 Å². The fourth-order valence-corrected chi connectivity index (χ4v) is 3.01. The molecule has 1 atom stereocenters. The summed E-state index contributed by atoms with van der Waals surface area (Å²) < 4.78 is 26.7. The van der Waals surface area contributed by atoms with Crippen molar-refractivity contribution >= 4 is 13.2 Å². The van der Waals surface area contributed by atoms with Crippen LogP contribution in [0.5, 0.6) is 0 Å². The Morgan fingerprint density at radius 1 is 1.28 bits per heavy atom. The predicted molar refractivity (Wildman–Crippen MR) is 78.8 cm³/mol. The molecule has 98 valence electrons. The molecule has 1 unspecified atom stereocenters. The topological polar surface area (TPSA) is 0 Å². The van der Waals surface area contributed by atoms with Crippen LogP contribution < -0.4 is 5.30 Å². The van der Waals surface area contributed by atoms with E-state index in [1.165, 1.54) is 12.1 Å². The molecule has 1 aromatic carbocycles. The third kappa shape index (κ3) is 4.54. The molecule has 1 rings (SSSR count). The molecule has 0 nitrogen and oxygen atoms in total. The van der Waals surface area contributed by atoms with Crippen LogP contribution in [0, 0.1) is 5.82 Å². The maximum absolute atomic E-state index is 13.5. The first-order valence-corrected chi connectivity index (χ1v) is 7.52. The normalized spacial score (nSPS) is 12.2. The standard InChI is InChI=1S/C13H13F2P.C2H6/c1-4-7-12(10(2)14)16(3)13-9-6-5-8-11(13)15;1-2/h4-9H,1-2H2,3H3;1-2H3/b12-7+;. The number of halogens is 2. The molecule has 0 saturated heterocycles. The van der Waals surface area contributed by atoms with Gasteiger partial charge in [0.15, 0.2) is 0 Å². The van der Waals surface area contributed by atoms with Gasteiger partial charge in [0.1, 0.15) is 11.6 Å². The third-order valence-electron chi connectivity index (χ3n) is 2.13. The van der Waals surface area contributed by atoms with E-state index in [0.29, 0.717) is 10.6 Å². The SMILES string of the molecule is C=C/C=C(\C(=C)F)P(C)c1ccccc1F.CC. The van der Waals surface area contributed by atoms with Gasteiger partial charge in [-0.05, 0) is 20.7 Å². The van der Waals surface area contributed by atoms with Crippen molar-refractivity contribution < 1.29 is 8.78 Å². The van der Waals surface area contributed by atoms with Crippen LogP contribution in [0.1, 0.15) is 13.8 Å². The molecule has 3 heteroatoms. The van der Waals surface area contributed by atoms with Crippen molar-refractivity contribution in [2.45, 2.75) is 13.8 Å². The molecule has 1 aromatic rings. The molecule has 0 radical (unpaired) electrons. The smallest absolute Gasteiger partial charge is 0.131 e. The van der Waals surface area contributed by atoms with Crippen LogP contribution in [-0.2, 0) is 0 Å². The first kappa shape index (κ1) is 16.7. The number of rotatable bonds is 4. The van der Waals surface area contributed by atoms with Gasteiger partial charge in [-0.2, -0.15) is 0 Å². The van der Waals surface area contributed by atoms with Crippen molar-refractivity contribution in [1.82, 2.24) is 0 Å². The molecule has 0 heterocycles. The summed E-state index contributed by atoms with van der Waals surface area (Å²) in [5.41, 5.74) is 0. The van der Waals surface area contributed by atoms with E-state index < -0.39 is 13.7 Å². The fourth-order valence-electron chi connectivity index (χ4n) is 1.35. The van der Waals surface area contributed by atoms with E-state index >= 15 is 0 Å². The van der Waals surface area contributed by atoms with Crippen LogP contribution in [0.3, 0.4) is 0 Å². The Hall–Kier alpha value is -1.27. The van der Waals surface area contributed by atoms with Crippen LogP contribution in [-0.4, -0.2) is 6.66 Å². The zero-order valence-electron chi connectivity index (χ0n) is 11.1. The number of hydrogen-bond donors (Lipinski definition) is 0. The molecule has 0 fully saturated rings. The average Bonchev–Trinajstić information content (AvgIpc) is 2.38. The summed E-state index contributed by atoms with van der Waals surface area (Å²) in [7, 11) is -1.06. The molecular formula is C15H19F2P. The molecule has 0 amide bonds. The summed E-state index contributed by atoms with van der Waals surface area (Å²) in [4.78, 5) is 0. The molecule has 0 bridgehead atoms. The van der Waals surface area contributed by atoms with Crippen LogP contribution in [0.2, 0.25) is 0 Å². The van der Waals surface area contributed by atoms with Crippen molar-refractivity contribution in [3.63, 3.8) is 0 Å². The Kier molecular flexibility index (Phi) is 8.15. The van der Waals surface area contributed by atoms with Gasteiger partial charge in [0.2, 0.25) is 0 Å². The first-order valence-electron chi connectivity index (χ1n) is 5.73.